The van der Waals surface area contributed by atoms with Crippen molar-refractivity contribution in [3.63, 3.8) is 0 Å². The zero-order chi connectivity index (χ0) is 21.8. The van der Waals surface area contributed by atoms with Crippen LogP contribution in [-0.2, 0) is 30.8 Å². The van der Waals surface area contributed by atoms with E-state index in [1.165, 1.54) is 16.8 Å². The number of carbonyl (C=O) groups excluding carboxylic acids is 1. The maximum absolute atomic E-state index is 10.9. The Hall–Kier alpha value is -3.51. The molecule has 4 aromatic rings. The third-order valence-corrected chi connectivity index (χ3v) is 6.27. The maximum atomic E-state index is 10.9. The van der Waals surface area contributed by atoms with Crippen LogP contribution in [0.25, 0.3) is 11.0 Å². The number of aryl methyl sites for hydroxylation is 1. The van der Waals surface area contributed by atoms with Gasteiger partial charge in [-0.3, -0.25) is 14.7 Å². The van der Waals surface area contributed by atoms with Crippen LogP contribution in [0.2, 0.25) is 0 Å². The zero-order valence-electron chi connectivity index (χ0n) is 18.0. The van der Waals surface area contributed by atoms with Crippen molar-refractivity contribution in [2.75, 3.05) is 0 Å². The van der Waals surface area contributed by atoms with Gasteiger partial charge in [0.1, 0.15) is 5.82 Å². The molecule has 0 radical (unpaired) electrons. The number of nitrogens with one attached hydrogen (secondary N) is 2. The first kappa shape index (κ1) is 20.4. The van der Waals surface area contributed by atoms with Crippen LogP contribution in [0.5, 0.6) is 0 Å². The minimum Gasteiger partial charge on any atom is -0.355 e. The van der Waals surface area contributed by atoms with E-state index in [4.69, 9.17) is 9.97 Å². The molecule has 1 aliphatic rings. The molecule has 1 amide bonds. The number of aromatic nitrogens is 3. The fraction of sp³-hybridized carbons (Fsp3) is 0.269. The number of aromatic amines is 1. The largest absolute Gasteiger partial charge is 0.355 e. The zero-order valence-corrected chi connectivity index (χ0v) is 18.0. The molecule has 6 nitrogen and oxygen atoms in total. The Morgan fingerprint density at radius 2 is 1.88 bits per heavy atom. The SMILES string of the molecule is O=CNCc1ccccc1CN(Cc1nc2ccccc2[nH]1)C1CCCc2cccnc21. The predicted molar refractivity (Wildman–Crippen MR) is 125 cm³/mol. The van der Waals surface area contributed by atoms with Gasteiger partial charge >= 0.3 is 0 Å². The highest BCUT2D eigenvalue weighted by atomic mass is 16.1. The van der Waals surface area contributed by atoms with Crippen molar-refractivity contribution in [3.8, 4) is 0 Å². The van der Waals surface area contributed by atoms with E-state index in [2.05, 4.69) is 45.5 Å². The Bertz CT molecular complexity index is 1180. The lowest BCUT2D eigenvalue weighted by Crippen LogP contribution is -2.32. The summed E-state index contributed by atoms with van der Waals surface area (Å²) in [4.78, 5) is 26.5. The molecule has 0 saturated carbocycles. The van der Waals surface area contributed by atoms with Gasteiger partial charge in [-0.2, -0.15) is 0 Å². The van der Waals surface area contributed by atoms with E-state index in [0.717, 1.165) is 54.6 Å². The molecule has 1 aliphatic carbocycles. The van der Waals surface area contributed by atoms with Crippen LogP contribution in [0.1, 0.15) is 47.1 Å². The molecule has 0 bridgehead atoms. The van der Waals surface area contributed by atoms with E-state index >= 15 is 0 Å². The molecule has 6 heteroatoms. The third-order valence-electron chi connectivity index (χ3n) is 6.27. The van der Waals surface area contributed by atoms with Gasteiger partial charge in [0.05, 0.1) is 29.3 Å². The lowest BCUT2D eigenvalue weighted by atomic mass is 9.90. The highest BCUT2D eigenvalue weighted by molar-refractivity contribution is 5.74. The molecule has 162 valence electrons. The van der Waals surface area contributed by atoms with Gasteiger partial charge in [0, 0.05) is 19.3 Å². The number of amides is 1. The van der Waals surface area contributed by atoms with Crippen molar-refractivity contribution in [2.24, 2.45) is 0 Å². The standard InChI is InChI=1S/C26H27N5O/c32-18-27-15-20-7-1-2-8-21(20)16-31(17-25-29-22-11-3-4-12-23(22)30-25)24-13-5-9-19-10-6-14-28-26(19)24/h1-4,6-8,10-12,14,18,24H,5,9,13,15-17H2,(H,27,32)(H,29,30). The van der Waals surface area contributed by atoms with Crippen LogP contribution in [0.3, 0.4) is 0 Å². The van der Waals surface area contributed by atoms with Gasteiger partial charge in [0.25, 0.3) is 0 Å². The molecule has 1 atom stereocenters. The number of pyridine rings is 1. The first-order chi connectivity index (χ1) is 15.8. The van der Waals surface area contributed by atoms with E-state index in [1.807, 2.05) is 36.5 Å². The summed E-state index contributed by atoms with van der Waals surface area (Å²) in [7, 11) is 0. The molecule has 0 fully saturated rings. The van der Waals surface area contributed by atoms with Gasteiger partial charge in [-0.15, -0.1) is 0 Å². The van der Waals surface area contributed by atoms with Crippen LogP contribution in [0, 0.1) is 0 Å². The van der Waals surface area contributed by atoms with E-state index in [-0.39, 0.29) is 6.04 Å². The Morgan fingerprint density at radius 3 is 2.75 bits per heavy atom. The van der Waals surface area contributed by atoms with Crippen molar-refractivity contribution in [1.82, 2.24) is 25.2 Å². The van der Waals surface area contributed by atoms with Crippen LogP contribution in [-0.4, -0.2) is 26.3 Å². The summed E-state index contributed by atoms with van der Waals surface area (Å²) in [6.07, 6.45) is 5.95. The maximum Gasteiger partial charge on any atom is 0.207 e. The average molecular weight is 426 g/mol. The number of H-pyrrole nitrogens is 1. The van der Waals surface area contributed by atoms with Crippen molar-refractivity contribution in [3.05, 3.63) is 95.1 Å². The second kappa shape index (κ2) is 9.32. The van der Waals surface area contributed by atoms with Crippen LogP contribution in [0.15, 0.2) is 66.9 Å². The lowest BCUT2D eigenvalue weighted by molar-refractivity contribution is -0.109. The fourth-order valence-electron chi connectivity index (χ4n) is 4.74. The summed E-state index contributed by atoms with van der Waals surface area (Å²) in [5.41, 5.74) is 6.90. The van der Waals surface area contributed by atoms with E-state index in [9.17, 15) is 4.79 Å². The first-order valence-corrected chi connectivity index (χ1v) is 11.2. The van der Waals surface area contributed by atoms with E-state index < -0.39 is 0 Å². The highest BCUT2D eigenvalue weighted by Crippen LogP contribution is 2.35. The summed E-state index contributed by atoms with van der Waals surface area (Å²) in [5.74, 6) is 0.956. The molecule has 2 N–H and O–H groups in total. The van der Waals surface area contributed by atoms with Crippen molar-refractivity contribution in [2.45, 2.75) is 44.9 Å². The Morgan fingerprint density at radius 1 is 1.03 bits per heavy atom. The molecule has 0 saturated heterocycles. The first-order valence-electron chi connectivity index (χ1n) is 11.2. The summed E-state index contributed by atoms with van der Waals surface area (Å²) in [5, 5.41) is 2.81. The second-order valence-electron chi connectivity index (χ2n) is 8.33. The number of hydrogen-bond donors (Lipinski definition) is 2. The molecule has 2 aromatic heterocycles. The van der Waals surface area contributed by atoms with Crippen molar-refractivity contribution in [1.29, 1.82) is 0 Å². The molecule has 2 heterocycles. The molecule has 5 rings (SSSR count). The molecule has 0 aliphatic heterocycles. The summed E-state index contributed by atoms with van der Waals surface area (Å²) >= 11 is 0. The van der Waals surface area contributed by atoms with Crippen LogP contribution in [0.4, 0.5) is 0 Å². The minimum atomic E-state index is 0.222. The molecular formula is C26H27N5O. The number of para-hydroxylation sites is 2. The molecule has 2 aromatic carbocycles. The minimum absolute atomic E-state index is 0.222. The van der Waals surface area contributed by atoms with Crippen LogP contribution < -0.4 is 5.32 Å². The molecular weight excluding hydrogens is 398 g/mol. The summed E-state index contributed by atoms with van der Waals surface area (Å²) in [6, 6.07) is 20.9. The Labute approximate surface area is 187 Å². The van der Waals surface area contributed by atoms with E-state index in [1.54, 1.807) is 0 Å². The number of nitrogens with zero attached hydrogens (tertiary/aromatic N) is 3. The summed E-state index contributed by atoms with van der Waals surface area (Å²) in [6.45, 7) is 1.98. The fourth-order valence-corrected chi connectivity index (χ4v) is 4.74. The predicted octanol–water partition coefficient (Wildman–Crippen LogP) is 4.28. The number of fused-ring (bicyclic) bond motifs is 2. The van der Waals surface area contributed by atoms with Gasteiger partial charge in [-0.25, -0.2) is 4.98 Å². The molecule has 32 heavy (non-hydrogen) atoms. The average Bonchev–Trinajstić information content (AvgIpc) is 3.25. The normalized spacial score (nSPS) is 15.6. The number of rotatable bonds is 8. The van der Waals surface area contributed by atoms with Gasteiger partial charge in [0.15, 0.2) is 0 Å². The number of imidazole rings is 1. The smallest absolute Gasteiger partial charge is 0.207 e. The second-order valence-corrected chi connectivity index (χ2v) is 8.33. The number of benzene rings is 2. The number of carbonyl (C=O) groups is 1. The van der Waals surface area contributed by atoms with Crippen LogP contribution >= 0.6 is 0 Å². The lowest BCUT2D eigenvalue weighted by Gasteiger charge is -2.35. The van der Waals surface area contributed by atoms with Crippen molar-refractivity contribution >= 4 is 17.4 Å². The highest BCUT2D eigenvalue weighted by Gasteiger charge is 2.28. The topological polar surface area (TPSA) is 73.9 Å². The quantitative estimate of drug-likeness (QED) is 0.413. The van der Waals surface area contributed by atoms with Crippen molar-refractivity contribution < 1.29 is 4.79 Å². The van der Waals surface area contributed by atoms with Gasteiger partial charge < -0.3 is 10.3 Å². The monoisotopic (exact) mass is 425 g/mol. The number of hydrogen-bond acceptors (Lipinski definition) is 4. The van der Waals surface area contributed by atoms with Gasteiger partial charge in [0.2, 0.25) is 6.41 Å². The van der Waals surface area contributed by atoms with E-state index in [0.29, 0.717) is 13.1 Å². The van der Waals surface area contributed by atoms with Gasteiger partial charge in [-0.1, -0.05) is 42.5 Å². The Kier molecular flexibility index (Phi) is 5.94. The molecule has 1 unspecified atom stereocenters. The third kappa shape index (κ3) is 4.27. The summed E-state index contributed by atoms with van der Waals surface area (Å²) < 4.78 is 0. The molecule has 0 spiro atoms. The van der Waals surface area contributed by atoms with Gasteiger partial charge in [-0.05, 0) is 54.2 Å². The Balaban J connectivity index is 1.50.